The van der Waals surface area contributed by atoms with Crippen LogP contribution < -0.4 is 5.32 Å². The SMILES string of the molecule is CCOCCCC(=O)NC(C)Cc1ccc(C)s1. The molecule has 1 aromatic rings. The maximum Gasteiger partial charge on any atom is 0.220 e. The molecule has 0 fully saturated rings. The molecule has 1 rings (SSSR count). The van der Waals surface area contributed by atoms with Gasteiger partial charge in [-0.15, -0.1) is 11.3 Å². The molecule has 0 aliphatic heterocycles. The predicted octanol–water partition coefficient (Wildman–Crippen LogP) is 2.92. The first-order valence-electron chi connectivity index (χ1n) is 6.54. The third-order valence-corrected chi connectivity index (χ3v) is 3.63. The highest BCUT2D eigenvalue weighted by Gasteiger charge is 2.09. The summed E-state index contributed by atoms with van der Waals surface area (Å²) in [7, 11) is 0. The van der Waals surface area contributed by atoms with E-state index in [2.05, 4.69) is 31.3 Å². The van der Waals surface area contributed by atoms with Crippen LogP contribution in [0.3, 0.4) is 0 Å². The number of rotatable bonds is 8. The van der Waals surface area contributed by atoms with Crippen molar-refractivity contribution in [1.29, 1.82) is 0 Å². The van der Waals surface area contributed by atoms with Gasteiger partial charge in [0.1, 0.15) is 0 Å². The van der Waals surface area contributed by atoms with Crippen LogP contribution in [0.5, 0.6) is 0 Å². The Morgan fingerprint density at radius 1 is 1.50 bits per heavy atom. The molecule has 4 heteroatoms. The lowest BCUT2D eigenvalue weighted by atomic mass is 10.2. The molecule has 1 amide bonds. The van der Waals surface area contributed by atoms with Crippen molar-refractivity contribution < 1.29 is 9.53 Å². The summed E-state index contributed by atoms with van der Waals surface area (Å²) in [4.78, 5) is 14.3. The minimum absolute atomic E-state index is 0.121. The Balaban J connectivity index is 2.19. The first kappa shape index (κ1) is 15.2. The predicted molar refractivity (Wildman–Crippen MR) is 76.1 cm³/mol. The molecule has 0 aromatic carbocycles. The summed E-state index contributed by atoms with van der Waals surface area (Å²) < 4.78 is 5.21. The third kappa shape index (κ3) is 6.17. The van der Waals surface area contributed by atoms with E-state index >= 15 is 0 Å². The summed E-state index contributed by atoms with van der Waals surface area (Å²) in [6.45, 7) is 7.50. The highest BCUT2D eigenvalue weighted by atomic mass is 32.1. The van der Waals surface area contributed by atoms with Gasteiger partial charge in [0.05, 0.1) is 0 Å². The Hall–Kier alpha value is -0.870. The topological polar surface area (TPSA) is 38.3 Å². The molecule has 0 saturated carbocycles. The van der Waals surface area contributed by atoms with Gasteiger partial charge in [-0.05, 0) is 39.3 Å². The number of amides is 1. The van der Waals surface area contributed by atoms with Crippen molar-refractivity contribution in [3.63, 3.8) is 0 Å². The van der Waals surface area contributed by atoms with Crippen LogP contribution in [0, 0.1) is 6.92 Å². The van der Waals surface area contributed by atoms with Crippen molar-refractivity contribution in [3.8, 4) is 0 Å². The van der Waals surface area contributed by atoms with Crippen LogP contribution in [0.4, 0.5) is 0 Å². The molecule has 0 bridgehead atoms. The standard InChI is InChI=1S/C14H23NO2S/c1-4-17-9-5-6-14(16)15-11(2)10-13-8-7-12(3)18-13/h7-8,11H,4-6,9-10H2,1-3H3,(H,15,16). The molecule has 1 aromatic heterocycles. The van der Waals surface area contributed by atoms with Gasteiger partial charge in [0.15, 0.2) is 0 Å². The molecule has 1 heterocycles. The molecule has 0 aliphatic carbocycles. The fourth-order valence-electron chi connectivity index (χ4n) is 1.77. The number of carbonyl (C=O) groups is 1. The summed E-state index contributed by atoms with van der Waals surface area (Å²) in [5.74, 6) is 0.121. The second-order valence-corrected chi connectivity index (χ2v) is 5.86. The van der Waals surface area contributed by atoms with Gasteiger partial charge < -0.3 is 10.1 Å². The van der Waals surface area contributed by atoms with Gasteiger partial charge in [-0.1, -0.05) is 0 Å². The van der Waals surface area contributed by atoms with Gasteiger partial charge in [-0.3, -0.25) is 4.79 Å². The van der Waals surface area contributed by atoms with E-state index in [1.165, 1.54) is 9.75 Å². The Bertz CT molecular complexity index is 362. The monoisotopic (exact) mass is 269 g/mol. The Morgan fingerprint density at radius 2 is 2.28 bits per heavy atom. The van der Waals surface area contributed by atoms with Crippen molar-refractivity contribution in [2.45, 2.75) is 46.1 Å². The quantitative estimate of drug-likeness (QED) is 0.737. The first-order valence-corrected chi connectivity index (χ1v) is 7.36. The summed E-state index contributed by atoms with van der Waals surface area (Å²) >= 11 is 1.80. The molecule has 102 valence electrons. The van der Waals surface area contributed by atoms with E-state index in [4.69, 9.17) is 4.74 Å². The van der Waals surface area contributed by atoms with Crippen LogP contribution >= 0.6 is 11.3 Å². The average Bonchev–Trinajstić information content (AvgIpc) is 2.70. The van der Waals surface area contributed by atoms with Gasteiger partial charge in [0.2, 0.25) is 5.91 Å². The lowest BCUT2D eigenvalue weighted by Gasteiger charge is -2.12. The van der Waals surface area contributed by atoms with E-state index in [1.807, 2.05) is 6.92 Å². The summed E-state index contributed by atoms with van der Waals surface area (Å²) in [6.07, 6.45) is 2.26. The van der Waals surface area contributed by atoms with E-state index < -0.39 is 0 Å². The minimum Gasteiger partial charge on any atom is -0.382 e. The lowest BCUT2D eigenvalue weighted by molar-refractivity contribution is -0.122. The highest BCUT2D eigenvalue weighted by Crippen LogP contribution is 2.16. The van der Waals surface area contributed by atoms with Crippen molar-refractivity contribution in [2.24, 2.45) is 0 Å². The Kier molecular flexibility index (Phi) is 6.98. The summed E-state index contributed by atoms with van der Waals surface area (Å²) in [6, 6.07) is 4.46. The Labute approximate surface area is 114 Å². The second kappa shape index (κ2) is 8.27. The van der Waals surface area contributed by atoms with Gasteiger partial charge in [-0.25, -0.2) is 0 Å². The van der Waals surface area contributed by atoms with Crippen LogP contribution in [-0.2, 0) is 16.0 Å². The van der Waals surface area contributed by atoms with Crippen LogP contribution in [-0.4, -0.2) is 25.2 Å². The second-order valence-electron chi connectivity index (χ2n) is 4.49. The molecule has 0 spiro atoms. The molecule has 1 unspecified atom stereocenters. The minimum atomic E-state index is 0.121. The van der Waals surface area contributed by atoms with Gasteiger partial charge in [-0.2, -0.15) is 0 Å². The van der Waals surface area contributed by atoms with Crippen molar-refractivity contribution in [3.05, 3.63) is 21.9 Å². The van der Waals surface area contributed by atoms with Crippen molar-refractivity contribution in [2.75, 3.05) is 13.2 Å². The van der Waals surface area contributed by atoms with Gasteiger partial charge in [0, 0.05) is 41.9 Å². The number of aryl methyl sites for hydroxylation is 1. The van der Waals surface area contributed by atoms with E-state index in [0.717, 1.165) is 19.4 Å². The van der Waals surface area contributed by atoms with Gasteiger partial charge >= 0.3 is 0 Å². The van der Waals surface area contributed by atoms with Crippen LogP contribution in [0.2, 0.25) is 0 Å². The number of thiophene rings is 1. The molecule has 0 radical (unpaired) electrons. The zero-order chi connectivity index (χ0) is 13.4. The van der Waals surface area contributed by atoms with Crippen LogP contribution in [0.1, 0.15) is 36.4 Å². The third-order valence-electron chi connectivity index (χ3n) is 2.61. The molecule has 3 nitrogen and oxygen atoms in total. The van der Waals surface area contributed by atoms with E-state index in [-0.39, 0.29) is 11.9 Å². The molecular weight excluding hydrogens is 246 g/mol. The van der Waals surface area contributed by atoms with E-state index in [0.29, 0.717) is 13.0 Å². The van der Waals surface area contributed by atoms with Crippen molar-refractivity contribution in [1.82, 2.24) is 5.32 Å². The molecular formula is C14H23NO2S. The number of hydrogen-bond donors (Lipinski definition) is 1. The molecule has 1 atom stereocenters. The first-order chi connectivity index (χ1) is 8.61. The van der Waals surface area contributed by atoms with Crippen LogP contribution in [0.15, 0.2) is 12.1 Å². The lowest BCUT2D eigenvalue weighted by Crippen LogP contribution is -2.33. The molecule has 18 heavy (non-hydrogen) atoms. The molecule has 0 saturated heterocycles. The highest BCUT2D eigenvalue weighted by molar-refractivity contribution is 7.11. The van der Waals surface area contributed by atoms with Crippen LogP contribution in [0.25, 0.3) is 0 Å². The fraction of sp³-hybridized carbons (Fsp3) is 0.643. The summed E-state index contributed by atoms with van der Waals surface area (Å²) in [5.41, 5.74) is 0. The van der Waals surface area contributed by atoms with Crippen molar-refractivity contribution >= 4 is 17.2 Å². The zero-order valence-corrected chi connectivity index (χ0v) is 12.3. The average molecular weight is 269 g/mol. The molecule has 0 aliphatic rings. The molecule has 1 N–H and O–H groups in total. The van der Waals surface area contributed by atoms with Gasteiger partial charge in [0.25, 0.3) is 0 Å². The number of carbonyl (C=O) groups excluding carboxylic acids is 1. The van der Waals surface area contributed by atoms with E-state index in [1.54, 1.807) is 11.3 Å². The maximum absolute atomic E-state index is 11.6. The smallest absolute Gasteiger partial charge is 0.220 e. The number of nitrogens with one attached hydrogen (secondary N) is 1. The normalized spacial score (nSPS) is 12.4. The Morgan fingerprint density at radius 3 is 2.89 bits per heavy atom. The fourth-order valence-corrected chi connectivity index (χ4v) is 2.79. The summed E-state index contributed by atoms with van der Waals surface area (Å²) in [5, 5.41) is 3.03. The largest absolute Gasteiger partial charge is 0.382 e. The van der Waals surface area contributed by atoms with E-state index in [9.17, 15) is 4.79 Å². The number of hydrogen-bond acceptors (Lipinski definition) is 3. The maximum atomic E-state index is 11.6. The number of ether oxygens (including phenoxy) is 1. The zero-order valence-electron chi connectivity index (χ0n) is 11.5.